The largest absolute Gasteiger partial charge is 0.343 e. The highest BCUT2D eigenvalue weighted by atomic mass is 19.1. The van der Waals surface area contributed by atoms with Gasteiger partial charge < -0.3 is 9.80 Å². The summed E-state index contributed by atoms with van der Waals surface area (Å²) in [5, 5.41) is 0. The predicted molar refractivity (Wildman–Crippen MR) is 86.1 cm³/mol. The molecule has 2 rings (SSSR count). The fourth-order valence-corrected chi connectivity index (χ4v) is 3.04. The van der Waals surface area contributed by atoms with Gasteiger partial charge in [0.05, 0.1) is 6.04 Å². The molecule has 1 fully saturated rings. The molecular weight excluding hydrogens is 281 g/mol. The van der Waals surface area contributed by atoms with Crippen molar-refractivity contribution in [2.24, 2.45) is 0 Å². The van der Waals surface area contributed by atoms with Crippen LogP contribution in [0.1, 0.15) is 25.5 Å². The van der Waals surface area contributed by atoms with Crippen molar-refractivity contribution in [3.8, 4) is 0 Å². The maximum Gasteiger partial charge on any atom is 0.209 e. The van der Waals surface area contributed by atoms with Gasteiger partial charge in [0, 0.05) is 38.3 Å². The number of amides is 1. The molecule has 1 aliphatic heterocycles. The van der Waals surface area contributed by atoms with E-state index in [1.807, 2.05) is 12.1 Å². The lowest BCUT2D eigenvalue weighted by molar-refractivity contribution is -0.120. The molecule has 1 aromatic rings. The lowest BCUT2D eigenvalue weighted by Gasteiger charge is -2.40. The average molecular weight is 307 g/mol. The van der Waals surface area contributed by atoms with Crippen LogP contribution in [-0.4, -0.2) is 66.9 Å². The Morgan fingerprint density at radius 2 is 1.82 bits per heavy atom. The van der Waals surface area contributed by atoms with Crippen LogP contribution in [0.25, 0.3) is 0 Å². The van der Waals surface area contributed by atoms with Crippen molar-refractivity contribution >= 4 is 6.41 Å². The Bertz CT molecular complexity index is 471. The monoisotopic (exact) mass is 307 g/mol. The fraction of sp³-hybridized carbons (Fsp3) is 0.588. The van der Waals surface area contributed by atoms with Crippen molar-refractivity contribution in [1.29, 1.82) is 0 Å². The summed E-state index contributed by atoms with van der Waals surface area (Å²) in [4.78, 5) is 17.3. The number of piperazine rings is 1. The van der Waals surface area contributed by atoms with Crippen LogP contribution in [0.5, 0.6) is 0 Å². The van der Waals surface area contributed by atoms with Crippen LogP contribution < -0.4 is 0 Å². The first-order chi connectivity index (χ1) is 10.7. The van der Waals surface area contributed by atoms with Gasteiger partial charge in [-0.1, -0.05) is 32.0 Å². The highest BCUT2D eigenvalue weighted by Crippen LogP contribution is 2.25. The molecule has 0 saturated carbocycles. The molecule has 122 valence electrons. The third-order valence-electron chi connectivity index (χ3n) is 4.53. The van der Waals surface area contributed by atoms with E-state index >= 15 is 0 Å². The van der Waals surface area contributed by atoms with Crippen LogP contribution in [0.2, 0.25) is 0 Å². The normalized spacial score (nSPS) is 17.7. The minimum Gasteiger partial charge on any atom is -0.343 e. The number of nitrogens with zero attached hydrogens (tertiary/aromatic N) is 3. The smallest absolute Gasteiger partial charge is 0.209 e. The molecule has 0 aliphatic carbocycles. The van der Waals surface area contributed by atoms with Crippen LogP contribution in [0.15, 0.2) is 24.3 Å². The van der Waals surface area contributed by atoms with E-state index in [0.717, 1.165) is 44.7 Å². The van der Waals surface area contributed by atoms with E-state index in [9.17, 15) is 9.18 Å². The van der Waals surface area contributed by atoms with Gasteiger partial charge in [-0.05, 0) is 19.2 Å². The fourth-order valence-electron chi connectivity index (χ4n) is 3.04. The number of rotatable bonds is 7. The summed E-state index contributed by atoms with van der Waals surface area (Å²) in [6.07, 6.45) is 0.903. The standard InChI is InChI=1S/C17H26FN3O/c1-3-19(4-2)13-17(15-7-5-6-8-16(15)18)21-11-9-20(14-22)10-12-21/h5-8,14,17H,3-4,9-13H2,1-2H3. The molecular formula is C17H26FN3O. The van der Waals surface area contributed by atoms with E-state index in [2.05, 4.69) is 23.6 Å². The lowest BCUT2D eigenvalue weighted by atomic mass is 10.0. The van der Waals surface area contributed by atoms with Gasteiger partial charge in [0.1, 0.15) is 5.82 Å². The Morgan fingerprint density at radius 3 is 2.36 bits per heavy atom. The number of carbonyl (C=O) groups is 1. The molecule has 0 spiro atoms. The maximum atomic E-state index is 14.3. The van der Waals surface area contributed by atoms with Gasteiger partial charge in [-0.3, -0.25) is 9.69 Å². The Labute approximate surface area is 132 Å². The second-order valence-corrected chi connectivity index (χ2v) is 5.70. The SMILES string of the molecule is CCN(CC)CC(c1ccccc1F)N1CCN(C=O)CC1. The summed E-state index contributed by atoms with van der Waals surface area (Å²) >= 11 is 0. The number of benzene rings is 1. The quantitative estimate of drug-likeness (QED) is 0.721. The molecule has 0 radical (unpaired) electrons. The Morgan fingerprint density at radius 1 is 1.18 bits per heavy atom. The molecule has 22 heavy (non-hydrogen) atoms. The van der Waals surface area contributed by atoms with Crippen molar-refractivity contribution in [1.82, 2.24) is 14.7 Å². The molecule has 0 bridgehead atoms. The van der Waals surface area contributed by atoms with Crippen molar-refractivity contribution < 1.29 is 9.18 Å². The molecule has 5 heteroatoms. The van der Waals surface area contributed by atoms with Crippen molar-refractivity contribution in [3.05, 3.63) is 35.6 Å². The number of hydrogen-bond donors (Lipinski definition) is 0. The molecule has 1 atom stereocenters. The first-order valence-electron chi connectivity index (χ1n) is 8.09. The summed E-state index contributed by atoms with van der Waals surface area (Å²) in [6, 6.07) is 7.09. The van der Waals surface area contributed by atoms with Crippen molar-refractivity contribution in [2.75, 3.05) is 45.8 Å². The maximum absolute atomic E-state index is 14.3. The highest BCUT2D eigenvalue weighted by Gasteiger charge is 2.27. The highest BCUT2D eigenvalue weighted by molar-refractivity contribution is 5.47. The summed E-state index contributed by atoms with van der Waals surface area (Å²) in [5.74, 6) is -0.141. The number of hydrogen-bond acceptors (Lipinski definition) is 3. The van der Waals surface area contributed by atoms with Crippen LogP contribution >= 0.6 is 0 Å². The first-order valence-corrected chi connectivity index (χ1v) is 8.09. The molecule has 1 aliphatic rings. The second-order valence-electron chi connectivity index (χ2n) is 5.70. The summed E-state index contributed by atoms with van der Waals surface area (Å²) in [7, 11) is 0. The van der Waals surface area contributed by atoms with E-state index in [-0.39, 0.29) is 11.9 Å². The third kappa shape index (κ3) is 4.05. The molecule has 1 heterocycles. The minimum atomic E-state index is -0.141. The lowest BCUT2D eigenvalue weighted by Crippen LogP contribution is -2.49. The zero-order valence-electron chi connectivity index (χ0n) is 13.5. The van der Waals surface area contributed by atoms with Gasteiger partial charge in [0.2, 0.25) is 6.41 Å². The first kappa shape index (κ1) is 16.9. The molecule has 1 unspecified atom stereocenters. The third-order valence-corrected chi connectivity index (χ3v) is 4.53. The number of likely N-dealkylation sites (N-methyl/N-ethyl adjacent to an activating group) is 1. The average Bonchev–Trinajstić information content (AvgIpc) is 2.57. The Hall–Kier alpha value is -1.46. The molecule has 0 N–H and O–H groups in total. The van der Waals surface area contributed by atoms with E-state index in [4.69, 9.17) is 0 Å². The zero-order chi connectivity index (χ0) is 15.9. The van der Waals surface area contributed by atoms with Crippen LogP contribution in [-0.2, 0) is 4.79 Å². The Balaban J connectivity index is 2.18. The van der Waals surface area contributed by atoms with E-state index < -0.39 is 0 Å². The van der Waals surface area contributed by atoms with Crippen LogP contribution in [0.4, 0.5) is 4.39 Å². The topological polar surface area (TPSA) is 26.8 Å². The van der Waals surface area contributed by atoms with Crippen molar-refractivity contribution in [3.63, 3.8) is 0 Å². The molecule has 4 nitrogen and oxygen atoms in total. The van der Waals surface area contributed by atoms with Crippen LogP contribution in [0, 0.1) is 5.82 Å². The van der Waals surface area contributed by atoms with Gasteiger partial charge in [-0.2, -0.15) is 0 Å². The second kappa shape index (κ2) is 8.25. The predicted octanol–water partition coefficient (Wildman–Crippen LogP) is 1.98. The Kier molecular flexibility index (Phi) is 6.34. The summed E-state index contributed by atoms with van der Waals surface area (Å²) in [5.41, 5.74) is 0.758. The molecule has 1 aromatic carbocycles. The van der Waals surface area contributed by atoms with Crippen molar-refractivity contribution in [2.45, 2.75) is 19.9 Å². The molecule has 1 saturated heterocycles. The number of halogens is 1. The van der Waals surface area contributed by atoms with Crippen LogP contribution in [0.3, 0.4) is 0 Å². The number of carbonyl (C=O) groups excluding carboxylic acids is 1. The van der Waals surface area contributed by atoms with Gasteiger partial charge >= 0.3 is 0 Å². The van der Waals surface area contributed by atoms with Gasteiger partial charge in [0.15, 0.2) is 0 Å². The minimum absolute atomic E-state index is 0.0369. The van der Waals surface area contributed by atoms with Gasteiger partial charge in [-0.15, -0.1) is 0 Å². The van der Waals surface area contributed by atoms with Gasteiger partial charge in [-0.25, -0.2) is 4.39 Å². The molecule has 1 amide bonds. The summed E-state index contributed by atoms with van der Waals surface area (Å²) < 4.78 is 14.3. The summed E-state index contributed by atoms with van der Waals surface area (Å²) in [6.45, 7) is 10.00. The zero-order valence-corrected chi connectivity index (χ0v) is 13.5. The van der Waals surface area contributed by atoms with E-state index in [1.165, 1.54) is 6.07 Å². The van der Waals surface area contributed by atoms with E-state index in [1.54, 1.807) is 11.0 Å². The van der Waals surface area contributed by atoms with Gasteiger partial charge in [0.25, 0.3) is 0 Å². The molecule has 0 aromatic heterocycles. The van der Waals surface area contributed by atoms with E-state index in [0.29, 0.717) is 13.1 Å².